The summed E-state index contributed by atoms with van der Waals surface area (Å²) in [4.78, 5) is 22.9. The van der Waals surface area contributed by atoms with Crippen LogP contribution in [0, 0.1) is 0 Å². The van der Waals surface area contributed by atoms with Gasteiger partial charge in [-0.25, -0.2) is 8.42 Å². The quantitative estimate of drug-likeness (QED) is 0.716. The number of hydrogen-bond donors (Lipinski definition) is 2. The molecule has 8 heteroatoms. The molecule has 0 radical (unpaired) electrons. The number of nitrogens with one attached hydrogen (secondary N) is 1. The van der Waals surface area contributed by atoms with Crippen LogP contribution >= 0.6 is 0 Å². The topological polar surface area (TPSA) is 110 Å². The van der Waals surface area contributed by atoms with Gasteiger partial charge in [0.2, 0.25) is 21.8 Å². The first kappa shape index (κ1) is 15.6. The van der Waals surface area contributed by atoms with E-state index in [0.717, 1.165) is 9.87 Å². The molecule has 0 aliphatic carbocycles. The van der Waals surface area contributed by atoms with E-state index in [1.54, 1.807) is 24.3 Å². The third-order valence-corrected chi connectivity index (χ3v) is 5.20. The first-order valence-electron chi connectivity index (χ1n) is 6.44. The second-order valence-corrected chi connectivity index (χ2v) is 6.83. The van der Waals surface area contributed by atoms with Crippen LogP contribution in [0.4, 0.5) is 0 Å². The van der Waals surface area contributed by atoms with E-state index < -0.39 is 27.9 Å². The highest BCUT2D eigenvalue weighted by Gasteiger charge is 2.37. The van der Waals surface area contributed by atoms with Crippen molar-refractivity contribution < 1.29 is 18.0 Å². The zero-order valence-electron chi connectivity index (χ0n) is 11.6. The number of sulfonamides is 1. The molecule has 1 atom stereocenters. The van der Waals surface area contributed by atoms with Gasteiger partial charge in [-0.1, -0.05) is 24.3 Å². The molecule has 1 fully saturated rings. The lowest BCUT2D eigenvalue weighted by atomic mass is 10.1. The largest absolute Gasteiger partial charge is 0.326 e. The van der Waals surface area contributed by atoms with E-state index in [0.29, 0.717) is 12.1 Å². The highest BCUT2D eigenvalue weighted by Crippen LogP contribution is 2.16. The van der Waals surface area contributed by atoms with E-state index in [2.05, 4.69) is 5.32 Å². The summed E-state index contributed by atoms with van der Waals surface area (Å²) in [6.45, 7) is 1.50. The van der Waals surface area contributed by atoms with E-state index in [-0.39, 0.29) is 12.3 Å². The number of imide groups is 1. The average Bonchev–Trinajstić information content (AvgIpc) is 2.43. The number of piperazine rings is 1. The zero-order valence-corrected chi connectivity index (χ0v) is 12.4. The number of amides is 2. The molecule has 1 heterocycles. The Hall–Kier alpha value is -1.77. The Morgan fingerprint density at radius 3 is 2.38 bits per heavy atom. The smallest absolute Gasteiger partial charge is 0.244 e. The molecule has 1 unspecified atom stereocenters. The summed E-state index contributed by atoms with van der Waals surface area (Å²) in [5.41, 5.74) is 6.97. The van der Waals surface area contributed by atoms with Gasteiger partial charge in [0.05, 0.1) is 12.3 Å². The average molecular weight is 311 g/mol. The van der Waals surface area contributed by atoms with Crippen molar-refractivity contribution in [2.75, 3.05) is 6.54 Å². The molecule has 1 aliphatic heterocycles. The SMILES string of the molecule is CC1C(=O)NC(=O)CN1S(=O)(=O)Cc1ccc(CN)cc1. The van der Waals surface area contributed by atoms with Gasteiger partial charge in [0.1, 0.15) is 6.04 Å². The predicted octanol–water partition coefficient (Wildman–Crippen LogP) is -0.678. The van der Waals surface area contributed by atoms with Crippen molar-refractivity contribution in [3.05, 3.63) is 35.4 Å². The summed E-state index contributed by atoms with van der Waals surface area (Å²) >= 11 is 0. The Morgan fingerprint density at radius 2 is 1.81 bits per heavy atom. The Balaban J connectivity index is 2.20. The maximum absolute atomic E-state index is 12.4. The van der Waals surface area contributed by atoms with Crippen LogP contribution in [0.3, 0.4) is 0 Å². The van der Waals surface area contributed by atoms with E-state index in [9.17, 15) is 18.0 Å². The van der Waals surface area contributed by atoms with Gasteiger partial charge in [0.25, 0.3) is 0 Å². The van der Waals surface area contributed by atoms with Gasteiger partial charge >= 0.3 is 0 Å². The number of carbonyl (C=O) groups is 2. The number of nitrogens with zero attached hydrogens (tertiary/aromatic N) is 1. The second-order valence-electron chi connectivity index (χ2n) is 4.91. The van der Waals surface area contributed by atoms with Gasteiger partial charge < -0.3 is 5.73 Å². The van der Waals surface area contributed by atoms with Crippen molar-refractivity contribution in [2.45, 2.75) is 25.3 Å². The lowest BCUT2D eigenvalue weighted by molar-refractivity contribution is -0.136. The number of nitrogens with two attached hydrogens (primary N) is 1. The summed E-state index contributed by atoms with van der Waals surface area (Å²) in [5, 5.41) is 2.11. The van der Waals surface area contributed by atoms with Gasteiger partial charge in [-0.3, -0.25) is 14.9 Å². The van der Waals surface area contributed by atoms with Gasteiger partial charge in [-0.05, 0) is 18.1 Å². The minimum Gasteiger partial charge on any atom is -0.326 e. The van der Waals surface area contributed by atoms with Crippen LogP contribution in [-0.4, -0.2) is 37.1 Å². The zero-order chi connectivity index (χ0) is 15.6. The molecule has 2 amide bonds. The molecule has 1 aliphatic rings. The van der Waals surface area contributed by atoms with E-state index in [1.165, 1.54) is 6.92 Å². The van der Waals surface area contributed by atoms with Crippen molar-refractivity contribution in [1.82, 2.24) is 9.62 Å². The lowest BCUT2D eigenvalue weighted by Gasteiger charge is -2.30. The molecule has 0 saturated carbocycles. The van der Waals surface area contributed by atoms with Crippen LogP contribution in [0.5, 0.6) is 0 Å². The molecule has 2 rings (SSSR count). The molecule has 0 aromatic heterocycles. The normalized spacial score (nSPS) is 20.4. The first-order chi connectivity index (χ1) is 9.83. The van der Waals surface area contributed by atoms with Gasteiger partial charge in [-0.2, -0.15) is 4.31 Å². The Bertz CT molecular complexity index is 654. The monoisotopic (exact) mass is 311 g/mol. The molecular weight excluding hydrogens is 294 g/mol. The highest BCUT2D eigenvalue weighted by atomic mass is 32.2. The van der Waals surface area contributed by atoms with Crippen molar-refractivity contribution >= 4 is 21.8 Å². The molecule has 1 saturated heterocycles. The van der Waals surface area contributed by atoms with Crippen molar-refractivity contribution in [1.29, 1.82) is 0 Å². The maximum atomic E-state index is 12.4. The van der Waals surface area contributed by atoms with Crippen LogP contribution < -0.4 is 11.1 Å². The fourth-order valence-electron chi connectivity index (χ4n) is 2.09. The number of hydrogen-bond acceptors (Lipinski definition) is 5. The summed E-state index contributed by atoms with van der Waals surface area (Å²) in [7, 11) is -3.75. The number of carbonyl (C=O) groups excluding carboxylic acids is 2. The van der Waals surface area contributed by atoms with Gasteiger partial charge in [-0.15, -0.1) is 0 Å². The number of benzene rings is 1. The van der Waals surface area contributed by atoms with Gasteiger partial charge in [0.15, 0.2) is 0 Å². The highest BCUT2D eigenvalue weighted by molar-refractivity contribution is 7.88. The molecule has 0 spiro atoms. The second kappa shape index (κ2) is 5.92. The summed E-state index contributed by atoms with van der Waals surface area (Å²) < 4.78 is 25.7. The van der Waals surface area contributed by atoms with Crippen molar-refractivity contribution in [2.24, 2.45) is 5.73 Å². The molecule has 0 bridgehead atoms. The third-order valence-electron chi connectivity index (χ3n) is 3.34. The first-order valence-corrected chi connectivity index (χ1v) is 8.05. The fraction of sp³-hybridized carbons (Fsp3) is 0.385. The molecule has 114 valence electrons. The Morgan fingerprint density at radius 1 is 1.24 bits per heavy atom. The van der Waals surface area contributed by atoms with E-state index in [1.807, 2.05) is 0 Å². The van der Waals surface area contributed by atoms with Crippen molar-refractivity contribution in [3.63, 3.8) is 0 Å². The molecule has 21 heavy (non-hydrogen) atoms. The molecule has 3 N–H and O–H groups in total. The molecule has 1 aromatic carbocycles. The van der Waals surface area contributed by atoms with Crippen molar-refractivity contribution in [3.8, 4) is 0 Å². The van der Waals surface area contributed by atoms with Crippen LogP contribution in [0.25, 0.3) is 0 Å². The van der Waals surface area contributed by atoms with Crippen LogP contribution in [0.1, 0.15) is 18.1 Å². The summed E-state index contributed by atoms with van der Waals surface area (Å²) in [5.74, 6) is -1.48. The Labute approximate surface area is 123 Å². The minimum absolute atomic E-state index is 0.261. The number of rotatable bonds is 4. The van der Waals surface area contributed by atoms with Crippen LogP contribution in [0.15, 0.2) is 24.3 Å². The molecule has 7 nitrogen and oxygen atoms in total. The molecule has 1 aromatic rings. The van der Waals surface area contributed by atoms with Crippen LogP contribution in [-0.2, 0) is 31.9 Å². The molecular formula is C13H17N3O4S. The van der Waals surface area contributed by atoms with Crippen LogP contribution in [0.2, 0.25) is 0 Å². The third kappa shape index (κ3) is 3.46. The lowest BCUT2D eigenvalue weighted by Crippen LogP contribution is -2.58. The minimum atomic E-state index is -3.75. The Kier molecular flexibility index (Phi) is 4.40. The summed E-state index contributed by atoms with van der Waals surface area (Å²) in [6, 6.07) is 5.97. The van der Waals surface area contributed by atoms with Gasteiger partial charge in [0, 0.05) is 6.54 Å². The maximum Gasteiger partial charge on any atom is 0.244 e. The fourth-order valence-corrected chi connectivity index (χ4v) is 3.77. The van der Waals surface area contributed by atoms with E-state index >= 15 is 0 Å². The van der Waals surface area contributed by atoms with E-state index in [4.69, 9.17) is 5.73 Å². The summed E-state index contributed by atoms with van der Waals surface area (Å²) in [6.07, 6.45) is 0. The standard InChI is InChI=1S/C13H17N3O4S/c1-9-13(18)15-12(17)7-16(9)21(19,20)8-11-4-2-10(6-14)3-5-11/h2-5,9H,6-8,14H2,1H3,(H,15,17,18). The predicted molar refractivity (Wildman–Crippen MR) is 76.3 cm³/mol.